The van der Waals surface area contributed by atoms with Crippen molar-refractivity contribution in [2.45, 2.75) is 45.5 Å². The van der Waals surface area contributed by atoms with Gasteiger partial charge in [0.25, 0.3) is 0 Å². The summed E-state index contributed by atoms with van der Waals surface area (Å²) in [5, 5.41) is 3.34. The molecule has 1 aliphatic heterocycles. The van der Waals surface area contributed by atoms with Crippen molar-refractivity contribution < 1.29 is 4.74 Å². The summed E-state index contributed by atoms with van der Waals surface area (Å²) in [5.74, 6) is 1.46. The lowest BCUT2D eigenvalue weighted by Gasteiger charge is -2.20. The average molecular weight is 450 g/mol. The van der Waals surface area contributed by atoms with Crippen LogP contribution in [0, 0.1) is 0 Å². The Bertz CT molecular complexity index is 1050. The third-order valence-corrected chi connectivity index (χ3v) is 6.18. The van der Waals surface area contributed by atoms with E-state index in [-0.39, 0.29) is 6.04 Å². The smallest absolute Gasteiger partial charge is 0.227 e. The maximum absolute atomic E-state index is 5.30. The van der Waals surface area contributed by atoms with Crippen molar-refractivity contribution in [2.75, 3.05) is 39.6 Å². The summed E-state index contributed by atoms with van der Waals surface area (Å²) in [4.78, 5) is 18.6. The van der Waals surface area contributed by atoms with Gasteiger partial charge in [0.2, 0.25) is 5.95 Å². The molecule has 0 unspecified atom stereocenters. The van der Waals surface area contributed by atoms with Crippen molar-refractivity contribution in [2.24, 2.45) is 0 Å². The SMILES string of the molecule is COCc1ncc(-c2ccnc(Nc3ccc(CN4CC[C@H](N(C)C)C4)cc3)n2)n1C(C)C. The standard InChI is InChI=1S/C25H35N7O/c1-18(2)32-23(14-27-24(32)17-33-5)22-10-12-26-25(29-22)28-20-8-6-19(7-9-20)15-31-13-11-21(16-31)30(3)4/h6-10,12,14,18,21H,11,13,15-17H2,1-5H3,(H,26,28,29)/t21-/m0/s1. The molecule has 1 aliphatic rings. The lowest BCUT2D eigenvalue weighted by Crippen LogP contribution is -2.31. The van der Waals surface area contributed by atoms with Gasteiger partial charge >= 0.3 is 0 Å². The van der Waals surface area contributed by atoms with Crippen LogP contribution in [0.5, 0.6) is 0 Å². The normalized spacial score (nSPS) is 16.8. The number of hydrogen-bond donors (Lipinski definition) is 1. The van der Waals surface area contributed by atoms with E-state index in [4.69, 9.17) is 9.72 Å². The van der Waals surface area contributed by atoms with Crippen LogP contribution >= 0.6 is 0 Å². The Hall–Kier alpha value is -2.81. The molecule has 0 amide bonds. The maximum atomic E-state index is 5.30. The highest BCUT2D eigenvalue weighted by molar-refractivity contribution is 5.59. The molecule has 4 rings (SSSR count). The Kier molecular flexibility index (Phi) is 7.37. The summed E-state index contributed by atoms with van der Waals surface area (Å²) >= 11 is 0. The number of hydrogen-bond acceptors (Lipinski definition) is 7. The van der Waals surface area contributed by atoms with Gasteiger partial charge in [-0.25, -0.2) is 15.0 Å². The molecule has 176 valence electrons. The van der Waals surface area contributed by atoms with Gasteiger partial charge in [0.15, 0.2) is 0 Å². The number of anilines is 2. The summed E-state index contributed by atoms with van der Waals surface area (Å²) < 4.78 is 7.46. The largest absolute Gasteiger partial charge is 0.377 e. The second-order valence-electron chi connectivity index (χ2n) is 9.19. The first-order chi connectivity index (χ1) is 15.9. The number of benzene rings is 1. The summed E-state index contributed by atoms with van der Waals surface area (Å²) in [6.45, 7) is 8.01. The lowest BCUT2D eigenvalue weighted by molar-refractivity contribution is 0.173. The topological polar surface area (TPSA) is 71.3 Å². The van der Waals surface area contributed by atoms with E-state index in [1.54, 1.807) is 13.3 Å². The van der Waals surface area contributed by atoms with Crippen LogP contribution in [0.4, 0.5) is 11.6 Å². The first-order valence-corrected chi connectivity index (χ1v) is 11.6. The zero-order valence-corrected chi connectivity index (χ0v) is 20.3. The molecule has 0 radical (unpaired) electrons. The summed E-state index contributed by atoms with van der Waals surface area (Å²) in [6.07, 6.45) is 4.87. The molecule has 3 aromatic rings. The molecular weight excluding hydrogens is 414 g/mol. The molecule has 0 spiro atoms. The molecule has 2 aromatic heterocycles. The van der Waals surface area contributed by atoms with E-state index < -0.39 is 0 Å². The van der Waals surface area contributed by atoms with Crippen molar-refractivity contribution in [3.63, 3.8) is 0 Å². The van der Waals surface area contributed by atoms with Crippen LogP contribution in [0.25, 0.3) is 11.4 Å². The number of likely N-dealkylation sites (N-methyl/N-ethyl adjacent to an activating group) is 1. The molecule has 1 N–H and O–H groups in total. The van der Waals surface area contributed by atoms with E-state index in [1.807, 2.05) is 12.3 Å². The summed E-state index contributed by atoms with van der Waals surface area (Å²) in [7, 11) is 6.02. The van der Waals surface area contributed by atoms with Gasteiger partial charge in [-0.1, -0.05) is 12.1 Å². The third kappa shape index (κ3) is 5.58. The van der Waals surface area contributed by atoms with E-state index in [2.05, 4.69) is 81.9 Å². The van der Waals surface area contributed by atoms with Gasteiger partial charge in [0.05, 0.1) is 17.6 Å². The van der Waals surface area contributed by atoms with E-state index in [1.165, 1.54) is 12.0 Å². The molecule has 33 heavy (non-hydrogen) atoms. The van der Waals surface area contributed by atoms with Crippen molar-refractivity contribution in [3.8, 4) is 11.4 Å². The van der Waals surface area contributed by atoms with Crippen LogP contribution in [-0.4, -0.2) is 69.7 Å². The Balaban J connectivity index is 1.44. The molecule has 8 heteroatoms. The highest BCUT2D eigenvalue weighted by Gasteiger charge is 2.23. The third-order valence-electron chi connectivity index (χ3n) is 6.18. The molecule has 1 aromatic carbocycles. The number of nitrogens with zero attached hydrogens (tertiary/aromatic N) is 6. The minimum Gasteiger partial charge on any atom is -0.377 e. The van der Waals surface area contributed by atoms with Gasteiger partial charge in [-0.05, 0) is 58.1 Å². The highest BCUT2D eigenvalue weighted by Crippen LogP contribution is 2.25. The Labute approximate surface area is 196 Å². The van der Waals surface area contributed by atoms with Gasteiger partial charge in [0, 0.05) is 50.7 Å². The van der Waals surface area contributed by atoms with Crippen LogP contribution in [0.15, 0.2) is 42.7 Å². The average Bonchev–Trinajstić information content (AvgIpc) is 3.43. The fraction of sp³-hybridized carbons (Fsp3) is 0.480. The summed E-state index contributed by atoms with van der Waals surface area (Å²) in [5.41, 5.74) is 4.08. The van der Waals surface area contributed by atoms with E-state index >= 15 is 0 Å². The second-order valence-corrected chi connectivity index (χ2v) is 9.19. The zero-order valence-electron chi connectivity index (χ0n) is 20.3. The van der Waals surface area contributed by atoms with Crippen LogP contribution < -0.4 is 5.32 Å². The number of aromatic nitrogens is 4. The molecule has 1 saturated heterocycles. The monoisotopic (exact) mass is 449 g/mol. The molecule has 8 nitrogen and oxygen atoms in total. The quantitative estimate of drug-likeness (QED) is 0.530. The van der Waals surface area contributed by atoms with Crippen LogP contribution in [0.1, 0.15) is 37.7 Å². The Morgan fingerprint density at radius 2 is 1.94 bits per heavy atom. The number of nitrogens with one attached hydrogen (secondary N) is 1. The molecule has 0 saturated carbocycles. The zero-order chi connectivity index (χ0) is 23.4. The van der Waals surface area contributed by atoms with Gasteiger partial charge < -0.3 is 19.5 Å². The Morgan fingerprint density at radius 1 is 1.15 bits per heavy atom. The minimum atomic E-state index is 0.246. The molecule has 1 fully saturated rings. The van der Waals surface area contributed by atoms with Gasteiger partial charge in [-0.3, -0.25) is 4.90 Å². The van der Waals surface area contributed by atoms with Gasteiger partial charge in [-0.2, -0.15) is 0 Å². The second kappa shape index (κ2) is 10.4. The first-order valence-electron chi connectivity index (χ1n) is 11.6. The fourth-order valence-corrected chi connectivity index (χ4v) is 4.42. The molecule has 0 aliphatic carbocycles. The predicted octanol–water partition coefficient (Wildman–Crippen LogP) is 3.95. The number of methoxy groups -OCH3 is 1. The number of ether oxygens (including phenoxy) is 1. The van der Waals surface area contributed by atoms with Crippen molar-refractivity contribution in [1.29, 1.82) is 0 Å². The minimum absolute atomic E-state index is 0.246. The fourth-order valence-electron chi connectivity index (χ4n) is 4.42. The number of rotatable bonds is 9. The predicted molar refractivity (Wildman–Crippen MR) is 131 cm³/mol. The van der Waals surface area contributed by atoms with Crippen molar-refractivity contribution >= 4 is 11.6 Å². The number of likely N-dealkylation sites (tertiary alicyclic amines) is 1. The van der Waals surface area contributed by atoms with Crippen LogP contribution in [0.2, 0.25) is 0 Å². The van der Waals surface area contributed by atoms with E-state index in [0.29, 0.717) is 18.6 Å². The summed E-state index contributed by atoms with van der Waals surface area (Å²) in [6, 6.07) is 11.4. The van der Waals surface area contributed by atoms with Crippen molar-refractivity contribution in [3.05, 3.63) is 54.1 Å². The van der Waals surface area contributed by atoms with E-state index in [9.17, 15) is 0 Å². The first kappa shape index (κ1) is 23.4. The molecule has 0 bridgehead atoms. The van der Waals surface area contributed by atoms with E-state index in [0.717, 1.165) is 42.5 Å². The van der Waals surface area contributed by atoms with Crippen LogP contribution in [-0.2, 0) is 17.9 Å². The number of imidazole rings is 1. The van der Waals surface area contributed by atoms with Gasteiger partial charge in [-0.15, -0.1) is 0 Å². The lowest BCUT2D eigenvalue weighted by atomic mass is 10.2. The molecule has 1 atom stereocenters. The maximum Gasteiger partial charge on any atom is 0.227 e. The van der Waals surface area contributed by atoms with Gasteiger partial charge in [0.1, 0.15) is 12.4 Å². The van der Waals surface area contributed by atoms with Crippen LogP contribution in [0.3, 0.4) is 0 Å². The Morgan fingerprint density at radius 3 is 2.61 bits per heavy atom. The van der Waals surface area contributed by atoms with Crippen molar-refractivity contribution in [1.82, 2.24) is 29.3 Å². The highest BCUT2D eigenvalue weighted by atomic mass is 16.5. The molecular formula is C25H35N7O. The molecule has 3 heterocycles.